The van der Waals surface area contributed by atoms with Gasteiger partial charge < -0.3 is 14.7 Å². The van der Waals surface area contributed by atoms with Gasteiger partial charge in [-0.1, -0.05) is 12.1 Å². The maximum atomic E-state index is 13.0. The lowest BCUT2D eigenvalue weighted by atomic mass is 9.97. The number of pyridine rings is 1. The van der Waals surface area contributed by atoms with Gasteiger partial charge in [0, 0.05) is 36.3 Å². The molecular formula is C17H18N2O4. The zero-order valence-electron chi connectivity index (χ0n) is 12.8. The van der Waals surface area contributed by atoms with E-state index in [0.717, 1.165) is 10.8 Å². The topological polar surface area (TPSA) is 79.7 Å². The molecule has 0 radical (unpaired) electrons. The molecule has 1 amide bonds. The van der Waals surface area contributed by atoms with E-state index in [1.807, 2.05) is 6.07 Å². The molecule has 6 heteroatoms. The average Bonchev–Trinajstić information content (AvgIpc) is 2.60. The van der Waals surface area contributed by atoms with Crippen molar-refractivity contribution < 1.29 is 19.4 Å². The number of esters is 1. The smallest absolute Gasteiger partial charge is 0.328 e. The minimum absolute atomic E-state index is 0.199. The molecule has 2 atom stereocenters. The number of carbonyl (C=O) groups is 2. The monoisotopic (exact) mass is 314 g/mol. The van der Waals surface area contributed by atoms with Gasteiger partial charge in [0.2, 0.25) is 0 Å². The summed E-state index contributed by atoms with van der Waals surface area (Å²) in [5, 5.41) is 11.5. The zero-order valence-corrected chi connectivity index (χ0v) is 12.8. The number of rotatable bonds is 2. The number of hydrogen-bond donors (Lipinski definition) is 1. The number of methoxy groups -OCH3 is 1. The van der Waals surface area contributed by atoms with Crippen molar-refractivity contribution in [1.29, 1.82) is 0 Å². The Hall–Kier alpha value is -2.47. The Labute approximate surface area is 133 Å². The second kappa shape index (κ2) is 6.34. The van der Waals surface area contributed by atoms with E-state index in [4.69, 9.17) is 4.74 Å². The molecule has 23 heavy (non-hydrogen) atoms. The second-order valence-electron chi connectivity index (χ2n) is 5.62. The SMILES string of the molecule is COC(=O)[C@@H]1C[C@H](O)CCN1C(=O)c1cccc2cnccc12. The van der Waals surface area contributed by atoms with Crippen molar-refractivity contribution in [2.75, 3.05) is 13.7 Å². The minimum atomic E-state index is -0.756. The van der Waals surface area contributed by atoms with Gasteiger partial charge in [-0.2, -0.15) is 0 Å². The number of hydrogen-bond acceptors (Lipinski definition) is 5. The van der Waals surface area contributed by atoms with E-state index in [-0.39, 0.29) is 12.3 Å². The highest BCUT2D eigenvalue weighted by Gasteiger charge is 2.37. The lowest BCUT2D eigenvalue weighted by Crippen LogP contribution is -2.51. The van der Waals surface area contributed by atoms with Crippen LogP contribution in [0.2, 0.25) is 0 Å². The number of piperidine rings is 1. The maximum Gasteiger partial charge on any atom is 0.328 e. The minimum Gasteiger partial charge on any atom is -0.467 e. The molecule has 0 unspecified atom stereocenters. The van der Waals surface area contributed by atoms with Gasteiger partial charge in [-0.25, -0.2) is 4.79 Å². The summed E-state index contributed by atoms with van der Waals surface area (Å²) in [4.78, 5) is 30.5. The Kier molecular flexibility index (Phi) is 4.25. The Morgan fingerprint density at radius 3 is 2.96 bits per heavy atom. The highest BCUT2D eigenvalue weighted by atomic mass is 16.5. The van der Waals surface area contributed by atoms with Crippen molar-refractivity contribution in [2.24, 2.45) is 0 Å². The van der Waals surface area contributed by atoms with Crippen LogP contribution in [-0.4, -0.2) is 52.7 Å². The Morgan fingerprint density at radius 1 is 1.35 bits per heavy atom. The molecule has 0 saturated carbocycles. The Morgan fingerprint density at radius 2 is 2.17 bits per heavy atom. The van der Waals surface area contributed by atoms with Gasteiger partial charge in [0.1, 0.15) is 6.04 Å². The molecule has 1 fully saturated rings. The first-order valence-electron chi connectivity index (χ1n) is 7.51. The van der Waals surface area contributed by atoms with Crippen molar-refractivity contribution >= 4 is 22.6 Å². The number of amides is 1. The van der Waals surface area contributed by atoms with Crippen LogP contribution in [0.5, 0.6) is 0 Å². The van der Waals surface area contributed by atoms with Gasteiger partial charge in [0.15, 0.2) is 0 Å². The van der Waals surface area contributed by atoms with E-state index in [1.165, 1.54) is 12.0 Å². The van der Waals surface area contributed by atoms with Crippen molar-refractivity contribution in [3.8, 4) is 0 Å². The van der Waals surface area contributed by atoms with Gasteiger partial charge in [0.05, 0.1) is 13.2 Å². The van der Waals surface area contributed by atoms with Crippen LogP contribution >= 0.6 is 0 Å². The van der Waals surface area contributed by atoms with Gasteiger partial charge in [-0.3, -0.25) is 9.78 Å². The lowest BCUT2D eigenvalue weighted by molar-refractivity contribution is -0.148. The highest BCUT2D eigenvalue weighted by molar-refractivity contribution is 6.07. The fourth-order valence-electron chi connectivity index (χ4n) is 3.01. The molecule has 1 aliphatic heterocycles. The van der Waals surface area contributed by atoms with E-state index >= 15 is 0 Å². The molecule has 0 spiro atoms. The molecule has 1 aliphatic rings. The van der Waals surface area contributed by atoms with Crippen molar-refractivity contribution in [3.63, 3.8) is 0 Å². The summed E-state index contributed by atoms with van der Waals surface area (Å²) in [6, 6.07) is 6.45. The number of nitrogens with zero attached hydrogens (tertiary/aromatic N) is 2. The summed E-state index contributed by atoms with van der Waals surface area (Å²) in [5.41, 5.74) is 0.523. The van der Waals surface area contributed by atoms with Gasteiger partial charge in [0.25, 0.3) is 5.91 Å². The van der Waals surface area contributed by atoms with E-state index in [2.05, 4.69) is 4.98 Å². The van der Waals surface area contributed by atoms with Gasteiger partial charge in [-0.05, 0) is 23.9 Å². The third-order valence-electron chi connectivity index (χ3n) is 4.22. The first-order valence-corrected chi connectivity index (χ1v) is 7.51. The number of fused-ring (bicyclic) bond motifs is 1. The number of ether oxygens (including phenoxy) is 1. The Bertz CT molecular complexity index is 741. The summed E-state index contributed by atoms with van der Waals surface area (Å²) in [6.45, 7) is 0.321. The quantitative estimate of drug-likeness (QED) is 0.847. The van der Waals surface area contributed by atoms with Gasteiger partial charge in [-0.15, -0.1) is 0 Å². The first-order chi connectivity index (χ1) is 11.1. The van der Waals surface area contributed by atoms with Crippen LogP contribution in [0.4, 0.5) is 0 Å². The number of aliphatic hydroxyl groups is 1. The molecule has 6 nitrogen and oxygen atoms in total. The van der Waals surface area contributed by atoms with Crippen LogP contribution < -0.4 is 0 Å². The highest BCUT2D eigenvalue weighted by Crippen LogP contribution is 2.24. The van der Waals surface area contributed by atoms with Crippen LogP contribution in [0.1, 0.15) is 23.2 Å². The fraction of sp³-hybridized carbons (Fsp3) is 0.353. The normalized spacial score (nSPS) is 21.2. The molecular weight excluding hydrogens is 296 g/mol. The zero-order chi connectivity index (χ0) is 16.4. The fourth-order valence-corrected chi connectivity index (χ4v) is 3.01. The van der Waals surface area contributed by atoms with Crippen LogP contribution in [0.15, 0.2) is 36.7 Å². The average molecular weight is 314 g/mol. The lowest BCUT2D eigenvalue weighted by Gasteiger charge is -2.36. The molecule has 0 aliphatic carbocycles. The number of aromatic nitrogens is 1. The molecule has 1 saturated heterocycles. The molecule has 120 valence electrons. The number of aliphatic hydroxyl groups excluding tert-OH is 1. The molecule has 1 aromatic heterocycles. The molecule has 1 aromatic carbocycles. The summed E-state index contributed by atoms with van der Waals surface area (Å²) in [7, 11) is 1.29. The summed E-state index contributed by atoms with van der Waals surface area (Å²) >= 11 is 0. The van der Waals surface area contributed by atoms with Crippen molar-refractivity contribution in [3.05, 3.63) is 42.2 Å². The van der Waals surface area contributed by atoms with Crippen molar-refractivity contribution in [1.82, 2.24) is 9.88 Å². The Balaban J connectivity index is 1.98. The van der Waals surface area contributed by atoms with Gasteiger partial charge >= 0.3 is 5.97 Å². The van der Waals surface area contributed by atoms with Crippen LogP contribution in [-0.2, 0) is 9.53 Å². The predicted octanol–water partition coefficient (Wildman–Crippen LogP) is 1.37. The van der Waals surface area contributed by atoms with Crippen LogP contribution in [0, 0.1) is 0 Å². The molecule has 0 bridgehead atoms. The maximum absolute atomic E-state index is 13.0. The number of likely N-dealkylation sites (tertiary alicyclic amines) is 1. The first kappa shape index (κ1) is 15.4. The molecule has 3 rings (SSSR count). The summed E-state index contributed by atoms with van der Waals surface area (Å²) in [5.74, 6) is -0.733. The predicted molar refractivity (Wildman–Crippen MR) is 83.8 cm³/mol. The number of carbonyl (C=O) groups excluding carboxylic acids is 2. The third kappa shape index (κ3) is 2.90. The van der Waals surface area contributed by atoms with Crippen molar-refractivity contribution in [2.45, 2.75) is 25.0 Å². The van der Waals surface area contributed by atoms with E-state index in [1.54, 1.807) is 30.6 Å². The van der Waals surface area contributed by atoms with E-state index in [0.29, 0.717) is 18.5 Å². The summed E-state index contributed by atoms with van der Waals surface area (Å²) in [6.07, 6.45) is 3.39. The molecule has 2 aromatic rings. The molecule has 2 heterocycles. The van der Waals surface area contributed by atoms with E-state index in [9.17, 15) is 14.7 Å². The van der Waals surface area contributed by atoms with Crippen LogP contribution in [0.25, 0.3) is 10.8 Å². The van der Waals surface area contributed by atoms with E-state index < -0.39 is 18.1 Å². The third-order valence-corrected chi connectivity index (χ3v) is 4.22. The number of benzene rings is 1. The molecule has 1 N–H and O–H groups in total. The standard InChI is InChI=1S/C17H18N2O4/c1-23-17(22)15-9-12(20)6-8-19(15)16(21)14-4-2-3-11-10-18-7-5-13(11)14/h2-5,7,10,12,15,20H,6,8-9H2,1H3/t12-,15+/m1/s1. The largest absolute Gasteiger partial charge is 0.467 e. The van der Waals surface area contributed by atoms with Crippen LogP contribution in [0.3, 0.4) is 0 Å². The summed E-state index contributed by atoms with van der Waals surface area (Å²) < 4.78 is 4.79. The second-order valence-corrected chi connectivity index (χ2v) is 5.62.